The molecule has 0 saturated carbocycles. The molecule has 0 fully saturated rings. The van der Waals surface area contributed by atoms with Crippen molar-refractivity contribution < 1.29 is 4.79 Å². The van der Waals surface area contributed by atoms with E-state index in [9.17, 15) is 4.79 Å². The topological polar surface area (TPSA) is 64.7 Å². The smallest absolute Gasteiger partial charge is 0.269 e. The van der Waals surface area contributed by atoms with Gasteiger partial charge in [0.25, 0.3) is 5.91 Å². The van der Waals surface area contributed by atoms with E-state index in [1.54, 1.807) is 24.1 Å². The van der Waals surface area contributed by atoms with Gasteiger partial charge in [-0.1, -0.05) is 0 Å². The zero-order valence-electron chi connectivity index (χ0n) is 11.8. The van der Waals surface area contributed by atoms with Gasteiger partial charge in [-0.2, -0.15) is 5.10 Å². The van der Waals surface area contributed by atoms with Crippen LogP contribution in [0.1, 0.15) is 27.6 Å². The van der Waals surface area contributed by atoms with Gasteiger partial charge in [-0.15, -0.1) is 0 Å². The van der Waals surface area contributed by atoms with Crippen LogP contribution >= 0.6 is 0 Å². The van der Waals surface area contributed by atoms with Gasteiger partial charge in [0.2, 0.25) is 0 Å². The van der Waals surface area contributed by atoms with Crippen LogP contribution in [0.15, 0.2) is 12.4 Å². The maximum Gasteiger partial charge on any atom is 0.269 e. The Labute approximate surface area is 112 Å². The summed E-state index contributed by atoms with van der Waals surface area (Å²) in [6.45, 7) is 7.15. The molecule has 2 aromatic rings. The maximum atomic E-state index is 12.0. The van der Waals surface area contributed by atoms with Crippen LogP contribution in [0, 0.1) is 20.8 Å². The number of hydrogen-bond acceptors (Lipinski definition) is 3. The van der Waals surface area contributed by atoms with Gasteiger partial charge in [0.1, 0.15) is 5.69 Å². The van der Waals surface area contributed by atoms with Crippen LogP contribution in [-0.4, -0.2) is 31.8 Å². The highest BCUT2D eigenvalue weighted by molar-refractivity contribution is 5.92. The number of nitrogens with one attached hydrogen (secondary N) is 1. The van der Waals surface area contributed by atoms with E-state index in [1.165, 1.54) is 0 Å². The minimum atomic E-state index is -0.0995. The molecule has 0 aliphatic rings. The van der Waals surface area contributed by atoms with E-state index >= 15 is 0 Å². The fraction of sp³-hybridized carbons (Fsp3) is 0.462. The molecule has 0 aliphatic carbocycles. The van der Waals surface area contributed by atoms with Crippen molar-refractivity contribution in [3.63, 3.8) is 0 Å². The molecular formula is C13H19N5O. The Morgan fingerprint density at radius 3 is 2.63 bits per heavy atom. The Morgan fingerprint density at radius 1 is 1.37 bits per heavy atom. The van der Waals surface area contributed by atoms with Gasteiger partial charge in [-0.3, -0.25) is 9.48 Å². The standard InChI is InChI=1S/C13H19N5O/c1-9-7-12(17(4)16-9)13(19)14-5-6-18-8-15-10(2)11(18)3/h7-8H,5-6H2,1-4H3,(H,14,19). The minimum absolute atomic E-state index is 0.0995. The molecule has 0 bridgehead atoms. The van der Waals surface area contributed by atoms with Gasteiger partial charge in [-0.25, -0.2) is 4.98 Å². The van der Waals surface area contributed by atoms with Gasteiger partial charge < -0.3 is 9.88 Å². The predicted octanol–water partition coefficient (Wildman–Crippen LogP) is 0.972. The Kier molecular flexibility index (Phi) is 3.69. The van der Waals surface area contributed by atoms with Crippen LogP contribution in [0.4, 0.5) is 0 Å². The first-order chi connectivity index (χ1) is 8.99. The van der Waals surface area contributed by atoms with E-state index in [4.69, 9.17) is 0 Å². The van der Waals surface area contributed by atoms with Crippen LogP contribution < -0.4 is 5.32 Å². The monoisotopic (exact) mass is 261 g/mol. The molecule has 1 amide bonds. The van der Waals surface area contributed by atoms with Crippen LogP contribution in [0.2, 0.25) is 0 Å². The normalized spacial score (nSPS) is 10.7. The van der Waals surface area contributed by atoms with Gasteiger partial charge in [0.05, 0.1) is 17.7 Å². The molecule has 0 radical (unpaired) electrons. The van der Waals surface area contributed by atoms with Crippen molar-refractivity contribution in [1.82, 2.24) is 24.6 Å². The van der Waals surface area contributed by atoms with E-state index in [0.29, 0.717) is 12.2 Å². The second-order valence-electron chi connectivity index (χ2n) is 4.66. The van der Waals surface area contributed by atoms with E-state index < -0.39 is 0 Å². The Balaban J connectivity index is 1.91. The zero-order chi connectivity index (χ0) is 14.0. The number of carbonyl (C=O) groups excluding carboxylic acids is 1. The number of rotatable bonds is 4. The first-order valence-electron chi connectivity index (χ1n) is 6.26. The summed E-state index contributed by atoms with van der Waals surface area (Å²) in [5.74, 6) is -0.0995. The number of imidazole rings is 1. The third-order valence-corrected chi connectivity index (χ3v) is 3.22. The summed E-state index contributed by atoms with van der Waals surface area (Å²) in [6, 6.07) is 1.78. The molecule has 0 aliphatic heterocycles. The maximum absolute atomic E-state index is 12.0. The van der Waals surface area contributed by atoms with E-state index in [2.05, 4.69) is 15.4 Å². The van der Waals surface area contributed by atoms with Crippen LogP contribution in [-0.2, 0) is 13.6 Å². The van der Waals surface area contributed by atoms with Crippen LogP contribution in [0.25, 0.3) is 0 Å². The lowest BCUT2D eigenvalue weighted by molar-refractivity contribution is 0.0943. The van der Waals surface area contributed by atoms with E-state index in [0.717, 1.165) is 23.6 Å². The average Bonchev–Trinajstić information content (AvgIpc) is 2.85. The number of aryl methyl sites for hydroxylation is 3. The van der Waals surface area contributed by atoms with Crippen molar-refractivity contribution in [2.45, 2.75) is 27.3 Å². The lowest BCUT2D eigenvalue weighted by Crippen LogP contribution is -2.29. The second kappa shape index (κ2) is 5.26. The molecule has 6 nitrogen and oxygen atoms in total. The summed E-state index contributed by atoms with van der Waals surface area (Å²) in [4.78, 5) is 16.2. The van der Waals surface area contributed by atoms with Gasteiger partial charge in [0, 0.05) is 25.8 Å². The quantitative estimate of drug-likeness (QED) is 0.892. The van der Waals surface area contributed by atoms with Crippen molar-refractivity contribution in [2.75, 3.05) is 6.54 Å². The molecule has 102 valence electrons. The summed E-state index contributed by atoms with van der Waals surface area (Å²) >= 11 is 0. The minimum Gasteiger partial charge on any atom is -0.349 e. The lowest BCUT2D eigenvalue weighted by atomic mass is 10.3. The van der Waals surface area contributed by atoms with Gasteiger partial charge >= 0.3 is 0 Å². The summed E-state index contributed by atoms with van der Waals surface area (Å²) in [7, 11) is 1.77. The molecule has 19 heavy (non-hydrogen) atoms. The van der Waals surface area contributed by atoms with Crippen LogP contribution in [0.3, 0.4) is 0 Å². The highest BCUT2D eigenvalue weighted by Crippen LogP contribution is 2.04. The zero-order valence-corrected chi connectivity index (χ0v) is 11.8. The number of aromatic nitrogens is 4. The number of nitrogens with zero attached hydrogens (tertiary/aromatic N) is 4. The molecule has 0 saturated heterocycles. The average molecular weight is 261 g/mol. The Bertz CT molecular complexity index is 596. The predicted molar refractivity (Wildman–Crippen MR) is 72.0 cm³/mol. The van der Waals surface area contributed by atoms with Crippen molar-refractivity contribution in [3.05, 3.63) is 35.2 Å². The van der Waals surface area contributed by atoms with Crippen LogP contribution in [0.5, 0.6) is 0 Å². The molecule has 1 N–H and O–H groups in total. The summed E-state index contributed by atoms with van der Waals surface area (Å²) in [5.41, 5.74) is 3.57. The lowest BCUT2D eigenvalue weighted by Gasteiger charge is -2.07. The third kappa shape index (κ3) is 2.83. The second-order valence-corrected chi connectivity index (χ2v) is 4.66. The molecule has 2 rings (SSSR count). The van der Waals surface area contributed by atoms with Gasteiger partial charge in [-0.05, 0) is 26.8 Å². The van der Waals surface area contributed by atoms with E-state index in [1.807, 2.05) is 25.3 Å². The molecule has 0 atom stereocenters. The molecule has 0 unspecified atom stereocenters. The highest BCUT2D eigenvalue weighted by Gasteiger charge is 2.11. The Morgan fingerprint density at radius 2 is 2.11 bits per heavy atom. The van der Waals surface area contributed by atoms with Crippen molar-refractivity contribution in [3.8, 4) is 0 Å². The fourth-order valence-electron chi connectivity index (χ4n) is 1.97. The van der Waals surface area contributed by atoms with Crippen molar-refractivity contribution in [2.24, 2.45) is 7.05 Å². The molecular weight excluding hydrogens is 242 g/mol. The van der Waals surface area contributed by atoms with Crippen molar-refractivity contribution in [1.29, 1.82) is 0 Å². The number of carbonyl (C=O) groups is 1. The third-order valence-electron chi connectivity index (χ3n) is 3.22. The molecule has 0 aromatic carbocycles. The Hall–Kier alpha value is -2.11. The van der Waals surface area contributed by atoms with Gasteiger partial charge in [0.15, 0.2) is 0 Å². The molecule has 2 heterocycles. The summed E-state index contributed by atoms with van der Waals surface area (Å²) in [6.07, 6.45) is 1.80. The molecule has 0 spiro atoms. The SMILES string of the molecule is Cc1cc(C(=O)NCCn2cnc(C)c2C)n(C)n1. The number of hydrogen-bond donors (Lipinski definition) is 1. The molecule has 2 aromatic heterocycles. The first kappa shape index (κ1) is 13.3. The fourth-order valence-corrected chi connectivity index (χ4v) is 1.97. The van der Waals surface area contributed by atoms with Crippen molar-refractivity contribution >= 4 is 5.91 Å². The highest BCUT2D eigenvalue weighted by atomic mass is 16.2. The summed E-state index contributed by atoms with van der Waals surface area (Å²) in [5, 5.41) is 7.05. The van der Waals surface area contributed by atoms with E-state index in [-0.39, 0.29) is 5.91 Å². The summed E-state index contributed by atoms with van der Waals surface area (Å²) < 4.78 is 3.63. The first-order valence-corrected chi connectivity index (χ1v) is 6.26. The largest absolute Gasteiger partial charge is 0.349 e. The number of amides is 1. The molecule has 6 heteroatoms.